The third-order valence-corrected chi connectivity index (χ3v) is 6.93. The summed E-state index contributed by atoms with van der Waals surface area (Å²) in [6.45, 7) is 8.39. The Hall–Kier alpha value is -2.81. The minimum atomic E-state index is -4.38. The Morgan fingerprint density at radius 1 is 1.00 bits per heavy atom. The van der Waals surface area contributed by atoms with Crippen molar-refractivity contribution in [2.24, 2.45) is 0 Å². The van der Waals surface area contributed by atoms with Gasteiger partial charge in [-0.25, -0.2) is 4.98 Å². The number of pyridine rings is 1. The Balaban J connectivity index is 1.11. The van der Waals surface area contributed by atoms with Crippen LogP contribution >= 0.6 is 0 Å². The third kappa shape index (κ3) is 7.10. The Labute approximate surface area is 205 Å². The van der Waals surface area contributed by atoms with Crippen LogP contribution in [0.5, 0.6) is 0 Å². The molecule has 2 aliphatic heterocycles. The van der Waals surface area contributed by atoms with E-state index in [9.17, 15) is 18.0 Å². The molecule has 2 saturated heterocycles. The summed E-state index contributed by atoms with van der Waals surface area (Å²) in [6, 6.07) is 11.2. The summed E-state index contributed by atoms with van der Waals surface area (Å²) in [4.78, 5) is 23.3. The quantitative estimate of drug-likeness (QED) is 0.624. The number of carbonyl (C=O) groups is 1. The second-order valence-corrected chi connectivity index (χ2v) is 9.50. The number of halogens is 3. The number of aromatic nitrogens is 1. The van der Waals surface area contributed by atoms with Crippen LogP contribution in [0.25, 0.3) is 0 Å². The molecule has 0 bridgehead atoms. The van der Waals surface area contributed by atoms with Crippen molar-refractivity contribution in [3.8, 4) is 0 Å². The lowest BCUT2D eigenvalue weighted by atomic mass is 10.0. The zero-order valence-corrected chi connectivity index (χ0v) is 20.2. The van der Waals surface area contributed by atoms with Crippen LogP contribution < -0.4 is 10.2 Å². The molecule has 0 unspecified atom stereocenters. The molecule has 1 aromatic heterocycles. The van der Waals surface area contributed by atoms with Crippen LogP contribution in [0.1, 0.15) is 36.8 Å². The van der Waals surface area contributed by atoms with Crippen molar-refractivity contribution in [3.05, 3.63) is 53.7 Å². The summed E-state index contributed by atoms with van der Waals surface area (Å²) in [7, 11) is 0. The maximum absolute atomic E-state index is 12.7. The summed E-state index contributed by atoms with van der Waals surface area (Å²) >= 11 is 0. The van der Waals surface area contributed by atoms with Crippen LogP contribution in [-0.2, 0) is 11.0 Å². The van der Waals surface area contributed by atoms with E-state index in [0.717, 1.165) is 64.2 Å². The SMILES string of the molecule is Cc1ccc(N2CCN(CCCC(=O)N3CCC(Nc4ccc(C(F)(F)F)cn4)CC3)CC2)cc1. The van der Waals surface area contributed by atoms with Crippen LogP contribution in [0, 0.1) is 6.92 Å². The fraction of sp³-hybridized carbons (Fsp3) is 0.538. The van der Waals surface area contributed by atoms with Crippen molar-refractivity contribution in [2.75, 3.05) is 56.0 Å². The maximum atomic E-state index is 12.7. The molecule has 0 saturated carbocycles. The summed E-state index contributed by atoms with van der Waals surface area (Å²) < 4.78 is 38.0. The molecule has 1 amide bonds. The van der Waals surface area contributed by atoms with E-state index >= 15 is 0 Å². The Bertz CT molecular complexity index is 948. The van der Waals surface area contributed by atoms with Crippen LogP contribution in [-0.4, -0.2) is 72.5 Å². The third-order valence-electron chi connectivity index (χ3n) is 6.93. The number of likely N-dealkylation sites (tertiary alicyclic amines) is 1. The number of hydrogen-bond acceptors (Lipinski definition) is 5. The van der Waals surface area contributed by atoms with Crippen LogP contribution in [0.2, 0.25) is 0 Å². The highest BCUT2D eigenvalue weighted by molar-refractivity contribution is 5.76. The minimum Gasteiger partial charge on any atom is -0.369 e. The van der Waals surface area contributed by atoms with E-state index in [1.807, 2.05) is 4.90 Å². The molecule has 2 fully saturated rings. The topological polar surface area (TPSA) is 51.7 Å². The van der Waals surface area contributed by atoms with E-state index in [0.29, 0.717) is 25.3 Å². The molecule has 2 aromatic rings. The smallest absolute Gasteiger partial charge is 0.369 e. The van der Waals surface area contributed by atoms with Crippen molar-refractivity contribution in [1.29, 1.82) is 0 Å². The van der Waals surface area contributed by atoms with E-state index < -0.39 is 11.7 Å². The molecule has 35 heavy (non-hydrogen) atoms. The first kappa shape index (κ1) is 25.3. The number of nitrogens with one attached hydrogen (secondary N) is 1. The van der Waals surface area contributed by atoms with Gasteiger partial charge in [0.2, 0.25) is 5.91 Å². The lowest BCUT2D eigenvalue weighted by Gasteiger charge is -2.36. The second kappa shape index (κ2) is 11.3. The monoisotopic (exact) mass is 489 g/mol. The number of hydrogen-bond donors (Lipinski definition) is 1. The van der Waals surface area contributed by atoms with Gasteiger partial charge in [0.25, 0.3) is 0 Å². The van der Waals surface area contributed by atoms with E-state index in [-0.39, 0.29) is 11.9 Å². The molecule has 3 heterocycles. The molecule has 0 atom stereocenters. The van der Waals surface area contributed by atoms with Gasteiger partial charge in [-0.15, -0.1) is 0 Å². The largest absolute Gasteiger partial charge is 0.417 e. The van der Waals surface area contributed by atoms with Gasteiger partial charge in [0, 0.05) is 63.6 Å². The molecular formula is C26H34F3N5O. The normalized spacial score (nSPS) is 18.1. The van der Waals surface area contributed by atoms with Gasteiger partial charge in [-0.1, -0.05) is 17.7 Å². The molecule has 6 nitrogen and oxygen atoms in total. The summed E-state index contributed by atoms with van der Waals surface area (Å²) in [5.74, 6) is 0.625. The fourth-order valence-corrected chi connectivity index (χ4v) is 4.73. The molecule has 0 aliphatic carbocycles. The predicted octanol–water partition coefficient (Wildman–Crippen LogP) is 4.41. The first-order chi connectivity index (χ1) is 16.8. The number of anilines is 2. The van der Waals surface area contributed by atoms with Gasteiger partial charge < -0.3 is 15.1 Å². The highest BCUT2D eigenvalue weighted by atomic mass is 19.4. The lowest BCUT2D eigenvalue weighted by Crippen LogP contribution is -2.47. The summed E-state index contributed by atoms with van der Waals surface area (Å²) in [6.07, 6.45) is -0.602. The second-order valence-electron chi connectivity index (χ2n) is 9.50. The number of alkyl halides is 3. The Morgan fingerprint density at radius 2 is 1.69 bits per heavy atom. The molecule has 0 radical (unpaired) electrons. The lowest BCUT2D eigenvalue weighted by molar-refractivity contribution is -0.137. The summed E-state index contributed by atoms with van der Waals surface area (Å²) in [5.41, 5.74) is 1.79. The average molecular weight is 490 g/mol. The van der Waals surface area contributed by atoms with Crippen molar-refractivity contribution in [1.82, 2.24) is 14.8 Å². The number of piperidine rings is 1. The van der Waals surface area contributed by atoms with E-state index in [4.69, 9.17) is 0 Å². The zero-order chi connectivity index (χ0) is 24.8. The van der Waals surface area contributed by atoms with Gasteiger partial charge in [-0.3, -0.25) is 9.69 Å². The van der Waals surface area contributed by atoms with Crippen molar-refractivity contribution in [3.63, 3.8) is 0 Å². The van der Waals surface area contributed by atoms with Crippen molar-refractivity contribution in [2.45, 2.75) is 44.8 Å². The number of amides is 1. The maximum Gasteiger partial charge on any atom is 0.417 e. The standard InChI is InChI=1S/C26H34F3N5O/c1-20-4-7-23(8-5-20)33-17-15-32(16-18-33)12-2-3-25(35)34-13-10-22(11-14-34)31-24-9-6-21(19-30-24)26(27,28)29/h4-9,19,22H,2-3,10-18H2,1H3,(H,30,31). The van der Waals surface area contributed by atoms with E-state index in [1.54, 1.807) is 0 Å². The van der Waals surface area contributed by atoms with Crippen LogP contribution in [0.4, 0.5) is 24.7 Å². The number of benzene rings is 1. The highest BCUT2D eigenvalue weighted by Crippen LogP contribution is 2.29. The molecule has 4 rings (SSSR count). The minimum absolute atomic E-state index is 0.105. The van der Waals surface area contributed by atoms with Gasteiger partial charge in [0.05, 0.1) is 5.56 Å². The van der Waals surface area contributed by atoms with E-state index in [2.05, 4.69) is 51.3 Å². The number of carbonyl (C=O) groups excluding carboxylic acids is 1. The number of rotatable bonds is 7. The highest BCUT2D eigenvalue weighted by Gasteiger charge is 2.31. The first-order valence-electron chi connectivity index (χ1n) is 12.4. The Morgan fingerprint density at radius 3 is 2.29 bits per heavy atom. The van der Waals surface area contributed by atoms with Gasteiger partial charge in [0.15, 0.2) is 0 Å². The van der Waals surface area contributed by atoms with Crippen molar-refractivity contribution >= 4 is 17.4 Å². The fourth-order valence-electron chi connectivity index (χ4n) is 4.73. The first-order valence-corrected chi connectivity index (χ1v) is 12.4. The average Bonchev–Trinajstić information content (AvgIpc) is 2.85. The van der Waals surface area contributed by atoms with Crippen LogP contribution in [0.15, 0.2) is 42.6 Å². The predicted molar refractivity (Wildman–Crippen MR) is 132 cm³/mol. The zero-order valence-electron chi connectivity index (χ0n) is 20.2. The van der Waals surface area contributed by atoms with Crippen LogP contribution in [0.3, 0.4) is 0 Å². The molecule has 1 aromatic carbocycles. The molecule has 190 valence electrons. The Kier molecular flexibility index (Phi) is 8.15. The molecule has 1 N–H and O–H groups in total. The van der Waals surface area contributed by atoms with E-state index in [1.165, 1.54) is 17.3 Å². The number of piperazine rings is 1. The summed E-state index contributed by atoms with van der Waals surface area (Å²) in [5, 5.41) is 3.20. The molecule has 2 aliphatic rings. The molecule has 0 spiro atoms. The van der Waals surface area contributed by atoms with Gasteiger partial charge in [-0.2, -0.15) is 13.2 Å². The van der Waals surface area contributed by atoms with Crippen molar-refractivity contribution < 1.29 is 18.0 Å². The van der Waals surface area contributed by atoms with Gasteiger partial charge in [-0.05, 0) is 57.0 Å². The van der Waals surface area contributed by atoms with Gasteiger partial charge >= 0.3 is 6.18 Å². The number of nitrogens with zero attached hydrogens (tertiary/aromatic N) is 4. The van der Waals surface area contributed by atoms with Gasteiger partial charge in [0.1, 0.15) is 5.82 Å². The molecular weight excluding hydrogens is 455 g/mol. The molecule has 9 heteroatoms. The number of aryl methyl sites for hydroxylation is 1.